The molecule has 112 valence electrons. The Balaban J connectivity index is 3.04. The van der Waals surface area contributed by atoms with Crippen molar-refractivity contribution in [2.45, 2.75) is 47.0 Å². The maximum atomic E-state index is 12.3. The molecule has 1 aliphatic rings. The van der Waals surface area contributed by atoms with E-state index in [9.17, 15) is 9.59 Å². The topological polar surface area (TPSA) is 52.6 Å². The van der Waals surface area contributed by atoms with Crippen LogP contribution in [0.3, 0.4) is 0 Å². The summed E-state index contributed by atoms with van der Waals surface area (Å²) in [6.45, 7) is 12.0. The molecule has 20 heavy (non-hydrogen) atoms. The van der Waals surface area contributed by atoms with Gasteiger partial charge in [-0.1, -0.05) is 17.7 Å². The van der Waals surface area contributed by atoms with Crippen molar-refractivity contribution >= 4 is 11.9 Å². The molecule has 0 aromatic heterocycles. The van der Waals surface area contributed by atoms with Crippen LogP contribution in [0.15, 0.2) is 23.3 Å². The molecule has 1 rings (SSSR count). The summed E-state index contributed by atoms with van der Waals surface area (Å²) in [7, 11) is 0. The predicted octanol–water partition coefficient (Wildman–Crippen LogP) is 3.18. The second-order valence-corrected chi connectivity index (χ2v) is 5.24. The summed E-state index contributed by atoms with van der Waals surface area (Å²) in [5, 5.41) is 0. The molecule has 0 aliphatic heterocycles. The van der Waals surface area contributed by atoms with E-state index in [4.69, 9.17) is 9.47 Å². The predicted molar refractivity (Wildman–Crippen MR) is 77.1 cm³/mol. The van der Waals surface area contributed by atoms with Crippen molar-refractivity contribution in [1.29, 1.82) is 0 Å². The van der Waals surface area contributed by atoms with Crippen LogP contribution in [0.5, 0.6) is 0 Å². The van der Waals surface area contributed by atoms with Gasteiger partial charge in [0.2, 0.25) is 0 Å². The van der Waals surface area contributed by atoms with Crippen molar-refractivity contribution < 1.29 is 19.1 Å². The van der Waals surface area contributed by atoms with E-state index in [1.54, 1.807) is 13.8 Å². The van der Waals surface area contributed by atoms with Gasteiger partial charge in [0.05, 0.1) is 18.6 Å². The molecule has 0 radical (unpaired) electrons. The molecule has 0 saturated heterocycles. The molecule has 4 heteroatoms. The summed E-state index contributed by atoms with van der Waals surface area (Å²) in [6.07, 6.45) is 1.55. The second kappa shape index (κ2) is 6.73. The Labute approximate surface area is 120 Å². The van der Waals surface area contributed by atoms with Gasteiger partial charge >= 0.3 is 11.9 Å². The van der Waals surface area contributed by atoms with Crippen LogP contribution in [0.1, 0.15) is 47.0 Å². The van der Waals surface area contributed by atoms with Crippen LogP contribution in [0.2, 0.25) is 0 Å². The summed E-state index contributed by atoms with van der Waals surface area (Å²) in [4.78, 5) is 24.2. The minimum atomic E-state index is -0.698. The lowest BCUT2D eigenvalue weighted by Crippen LogP contribution is -2.37. The molecule has 0 heterocycles. The van der Waals surface area contributed by atoms with Crippen LogP contribution in [-0.4, -0.2) is 25.2 Å². The first-order valence-electron chi connectivity index (χ1n) is 7.08. The van der Waals surface area contributed by atoms with Gasteiger partial charge in [-0.2, -0.15) is 0 Å². The van der Waals surface area contributed by atoms with Crippen LogP contribution in [0.4, 0.5) is 0 Å². The number of hydrogen-bond donors (Lipinski definition) is 0. The fraction of sp³-hybridized carbons (Fsp3) is 0.625. The van der Waals surface area contributed by atoms with Gasteiger partial charge in [0.1, 0.15) is 0 Å². The number of ether oxygens (including phenoxy) is 2. The maximum Gasteiger partial charge on any atom is 0.333 e. The average molecular weight is 280 g/mol. The summed E-state index contributed by atoms with van der Waals surface area (Å²) >= 11 is 0. The number of esters is 2. The van der Waals surface area contributed by atoms with E-state index in [1.807, 2.05) is 13.8 Å². The third kappa shape index (κ3) is 3.11. The molecule has 0 bridgehead atoms. The van der Waals surface area contributed by atoms with Crippen molar-refractivity contribution in [3.8, 4) is 0 Å². The highest BCUT2D eigenvalue weighted by molar-refractivity contribution is 5.91. The van der Waals surface area contributed by atoms with Gasteiger partial charge in [-0.3, -0.25) is 4.79 Å². The third-order valence-electron chi connectivity index (χ3n) is 3.89. The lowest BCUT2D eigenvalue weighted by atomic mass is 9.68. The van der Waals surface area contributed by atoms with Gasteiger partial charge in [-0.05, 0) is 47.0 Å². The van der Waals surface area contributed by atoms with Crippen LogP contribution >= 0.6 is 0 Å². The Morgan fingerprint density at radius 1 is 1.25 bits per heavy atom. The van der Waals surface area contributed by atoms with Gasteiger partial charge < -0.3 is 9.47 Å². The van der Waals surface area contributed by atoms with E-state index in [-0.39, 0.29) is 11.9 Å². The number of hydrogen-bond acceptors (Lipinski definition) is 4. The Hall–Kier alpha value is -1.58. The quantitative estimate of drug-likeness (QED) is 0.573. The van der Waals surface area contributed by atoms with Gasteiger partial charge in [0, 0.05) is 5.57 Å². The zero-order chi connectivity index (χ0) is 15.3. The monoisotopic (exact) mass is 280 g/mol. The Kier molecular flexibility index (Phi) is 5.54. The summed E-state index contributed by atoms with van der Waals surface area (Å²) in [5.41, 5.74) is 1.67. The molecule has 0 N–H and O–H groups in total. The molecule has 1 atom stereocenters. The fourth-order valence-corrected chi connectivity index (χ4v) is 2.68. The molecule has 0 spiro atoms. The normalized spacial score (nSPS) is 22.4. The first-order chi connectivity index (χ1) is 9.39. The Morgan fingerprint density at radius 3 is 2.30 bits per heavy atom. The van der Waals surface area contributed by atoms with E-state index in [1.165, 1.54) is 0 Å². The van der Waals surface area contributed by atoms with Gasteiger partial charge in [-0.15, -0.1) is 0 Å². The van der Waals surface area contributed by atoms with Gasteiger partial charge in [0.25, 0.3) is 0 Å². The highest BCUT2D eigenvalue weighted by Crippen LogP contribution is 2.45. The first kappa shape index (κ1) is 16.5. The maximum absolute atomic E-state index is 12.3. The zero-order valence-electron chi connectivity index (χ0n) is 12.9. The zero-order valence-corrected chi connectivity index (χ0v) is 12.9. The minimum Gasteiger partial charge on any atom is -0.465 e. The van der Waals surface area contributed by atoms with Crippen molar-refractivity contribution in [3.63, 3.8) is 0 Å². The third-order valence-corrected chi connectivity index (χ3v) is 3.89. The number of carbonyl (C=O) groups is 2. The van der Waals surface area contributed by atoms with Crippen LogP contribution in [0, 0.1) is 5.41 Å². The summed E-state index contributed by atoms with van der Waals surface area (Å²) in [6, 6.07) is 0. The Morgan fingerprint density at radius 2 is 1.85 bits per heavy atom. The van der Waals surface area contributed by atoms with Crippen molar-refractivity contribution in [3.05, 3.63) is 23.3 Å². The molecular weight excluding hydrogens is 256 g/mol. The molecule has 0 aromatic rings. The Bertz CT molecular complexity index is 447. The highest BCUT2D eigenvalue weighted by Gasteiger charge is 2.44. The lowest BCUT2D eigenvalue weighted by Gasteiger charge is -2.36. The van der Waals surface area contributed by atoms with E-state index in [0.29, 0.717) is 38.0 Å². The molecule has 0 fully saturated rings. The van der Waals surface area contributed by atoms with Crippen molar-refractivity contribution in [2.24, 2.45) is 5.41 Å². The molecule has 1 aliphatic carbocycles. The molecule has 4 nitrogen and oxygen atoms in total. The van der Waals surface area contributed by atoms with Crippen molar-refractivity contribution in [2.75, 3.05) is 13.2 Å². The van der Waals surface area contributed by atoms with Gasteiger partial charge in [-0.25, -0.2) is 4.79 Å². The molecular formula is C16H24O4. The van der Waals surface area contributed by atoms with Crippen LogP contribution in [0.25, 0.3) is 0 Å². The lowest BCUT2D eigenvalue weighted by molar-refractivity contribution is -0.154. The van der Waals surface area contributed by atoms with Crippen LogP contribution < -0.4 is 0 Å². The largest absolute Gasteiger partial charge is 0.465 e. The molecule has 1 unspecified atom stereocenters. The summed E-state index contributed by atoms with van der Waals surface area (Å²) < 4.78 is 10.3. The fourth-order valence-electron chi connectivity index (χ4n) is 2.68. The highest BCUT2D eigenvalue weighted by atomic mass is 16.5. The van der Waals surface area contributed by atoms with E-state index >= 15 is 0 Å². The second-order valence-electron chi connectivity index (χ2n) is 5.24. The van der Waals surface area contributed by atoms with E-state index < -0.39 is 5.41 Å². The molecule has 0 amide bonds. The number of allylic oxidation sites excluding steroid dienone is 1. The smallest absolute Gasteiger partial charge is 0.333 e. The minimum absolute atomic E-state index is 0.241. The van der Waals surface area contributed by atoms with E-state index in [2.05, 4.69) is 6.58 Å². The first-order valence-corrected chi connectivity index (χ1v) is 7.08. The number of rotatable bonds is 5. The SMILES string of the molecule is C=C(C)C1(C(=O)OCC)CCC(C(=O)OCC)=C(C)C1. The van der Waals surface area contributed by atoms with Gasteiger partial charge in [0.15, 0.2) is 0 Å². The van der Waals surface area contributed by atoms with Crippen molar-refractivity contribution in [1.82, 2.24) is 0 Å². The summed E-state index contributed by atoms with van der Waals surface area (Å²) in [5.74, 6) is -0.515. The standard InChI is InChI=1S/C16H24O4/c1-6-19-14(17)13-8-9-16(11(3)4,10-12(13)5)15(18)20-7-2/h3,6-10H2,1-2,4-5H3. The molecule has 0 saturated carbocycles. The molecule has 0 aromatic carbocycles. The van der Waals surface area contributed by atoms with Crippen LogP contribution in [-0.2, 0) is 19.1 Å². The number of carbonyl (C=O) groups excluding carboxylic acids is 2. The average Bonchev–Trinajstić information content (AvgIpc) is 2.38. The van der Waals surface area contributed by atoms with E-state index in [0.717, 1.165) is 11.1 Å².